The summed E-state index contributed by atoms with van der Waals surface area (Å²) in [5.41, 5.74) is 9.44. The second-order valence-electron chi connectivity index (χ2n) is 4.78. The van der Waals surface area contributed by atoms with Crippen LogP contribution in [0.4, 0.5) is 4.39 Å². The number of benzene rings is 1. The summed E-state index contributed by atoms with van der Waals surface area (Å²) in [5.74, 6) is 0. The molecule has 2 fully saturated rings. The van der Waals surface area contributed by atoms with Gasteiger partial charge in [-0.15, -0.1) is 0 Å². The van der Waals surface area contributed by atoms with Crippen LogP contribution in [0.2, 0.25) is 0 Å². The van der Waals surface area contributed by atoms with Crippen molar-refractivity contribution in [3.05, 3.63) is 46.3 Å². The highest BCUT2D eigenvalue weighted by Gasteiger charge is 2.51. The Kier molecular flexibility index (Phi) is 3.84. The molecular weight excluding hydrogens is 265 g/mol. The molecule has 2 bridgehead atoms. The molecule has 0 radical (unpaired) electrons. The van der Waals surface area contributed by atoms with Crippen LogP contribution >= 0.6 is 0 Å². The first-order chi connectivity index (χ1) is 9.79. The molecule has 2 aliphatic rings. The van der Waals surface area contributed by atoms with E-state index in [1.807, 2.05) is 30.3 Å². The molecule has 1 aromatic rings. The van der Waals surface area contributed by atoms with E-state index in [9.17, 15) is 4.39 Å². The molecule has 0 N–H and O–H groups in total. The fraction of sp³-hybridized carbons (Fsp3) is 0.538. The monoisotopic (exact) mass is 279 g/mol. The quantitative estimate of drug-likeness (QED) is 0.482. The Morgan fingerprint density at radius 2 is 2.20 bits per heavy atom. The van der Waals surface area contributed by atoms with Crippen LogP contribution in [0.15, 0.2) is 35.4 Å². The van der Waals surface area contributed by atoms with Crippen molar-refractivity contribution >= 4 is 0 Å². The number of hydrogen-bond donors (Lipinski definition) is 0. The molecule has 0 aliphatic carbocycles. The first kappa shape index (κ1) is 13.3. The third kappa shape index (κ3) is 2.48. The Morgan fingerprint density at radius 3 is 2.95 bits per heavy atom. The molecule has 3 rings (SSSR count). The largest absolute Gasteiger partial charge is 0.368 e. The summed E-state index contributed by atoms with van der Waals surface area (Å²) in [6.07, 6.45) is -3.48. The van der Waals surface area contributed by atoms with Crippen molar-refractivity contribution in [1.29, 1.82) is 0 Å². The molecule has 5 atom stereocenters. The molecule has 7 heteroatoms. The maximum atomic E-state index is 14.4. The third-order valence-corrected chi connectivity index (χ3v) is 3.49. The zero-order chi connectivity index (χ0) is 13.9. The normalized spacial score (nSPS) is 35.5. The molecule has 3 unspecified atom stereocenters. The summed E-state index contributed by atoms with van der Waals surface area (Å²) in [5, 5.41) is 3.42. The van der Waals surface area contributed by atoms with Gasteiger partial charge in [-0.25, -0.2) is 4.39 Å². The van der Waals surface area contributed by atoms with Gasteiger partial charge in [0.05, 0.1) is 13.2 Å². The zero-order valence-electron chi connectivity index (χ0n) is 10.6. The molecule has 0 spiro atoms. The Bertz CT molecular complexity index is 509. The van der Waals surface area contributed by atoms with Crippen LogP contribution in [0.1, 0.15) is 5.56 Å². The molecule has 20 heavy (non-hydrogen) atoms. The summed E-state index contributed by atoms with van der Waals surface area (Å²) in [6, 6.07) is 8.48. The second kappa shape index (κ2) is 5.76. The number of fused-ring (bicyclic) bond motifs is 2. The summed E-state index contributed by atoms with van der Waals surface area (Å²) in [6.45, 7) is 0.529. The molecule has 106 valence electrons. The van der Waals surface area contributed by atoms with E-state index in [2.05, 4.69) is 10.0 Å². The Labute approximate surface area is 115 Å². The van der Waals surface area contributed by atoms with E-state index in [-0.39, 0.29) is 13.2 Å². The van der Waals surface area contributed by atoms with Crippen LogP contribution in [0, 0.1) is 0 Å². The van der Waals surface area contributed by atoms with Crippen molar-refractivity contribution in [2.24, 2.45) is 5.11 Å². The molecule has 0 saturated carbocycles. The first-order valence-electron chi connectivity index (χ1n) is 6.40. The standard InChI is InChI=1S/C13H14FN3O3/c14-10-11(16-17-15)13-19-7-9(20-13)12(10)18-6-8-4-2-1-3-5-8/h1-5,9-13H,6-7H2/t9?,10?,11?,12-,13-/m1/s1. The van der Waals surface area contributed by atoms with Crippen LogP contribution in [-0.2, 0) is 20.8 Å². The fourth-order valence-corrected chi connectivity index (χ4v) is 2.49. The predicted molar refractivity (Wildman–Crippen MR) is 67.5 cm³/mol. The van der Waals surface area contributed by atoms with Gasteiger partial charge in [0.2, 0.25) is 0 Å². The van der Waals surface area contributed by atoms with Crippen LogP contribution in [0.5, 0.6) is 0 Å². The lowest BCUT2D eigenvalue weighted by atomic mass is 10.0. The van der Waals surface area contributed by atoms with Crippen molar-refractivity contribution < 1.29 is 18.6 Å². The van der Waals surface area contributed by atoms with Gasteiger partial charge in [-0.2, -0.15) is 0 Å². The average Bonchev–Trinajstić information content (AvgIpc) is 2.90. The number of rotatable bonds is 4. The van der Waals surface area contributed by atoms with E-state index in [4.69, 9.17) is 19.7 Å². The highest BCUT2D eigenvalue weighted by atomic mass is 19.1. The van der Waals surface area contributed by atoms with Crippen molar-refractivity contribution in [3.8, 4) is 0 Å². The van der Waals surface area contributed by atoms with Gasteiger partial charge in [-0.1, -0.05) is 35.4 Å². The number of azide groups is 1. The van der Waals surface area contributed by atoms with Gasteiger partial charge in [0, 0.05) is 4.91 Å². The predicted octanol–water partition coefficient (Wildman–Crippen LogP) is 2.34. The van der Waals surface area contributed by atoms with E-state index in [0.717, 1.165) is 5.56 Å². The van der Waals surface area contributed by atoms with E-state index >= 15 is 0 Å². The van der Waals surface area contributed by atoms with E-state index in [1.54, 1.807) is 0 Å². The Balaban J connectivity index is 1.70. The van der Waals surface area contributed by atoms with Gasteiger partial charge in [0.15, 0.2) is 6.29 Å². The lowest BCUT2D eigenvalue weighted by Crippen LogP contribution is -2.51. The van der Waals surface area contributed by atoms with Gasteiger partial charge in [-0.3, -0.25) is 0 Å². The number of nitrogens with zero attached hydrogens (tertiary/aromatic N) is 3. The topological polar surface area (TPSA) is 76.5 Å². The maximum absolute atomic E-state index is 14.4. The molecule has 2 aliphatic heterocycles. The SMILES string of the molecule is [N-]=[N+]=NC1C(F)[C@H](OCc2ccccc2)C2CO[C@@H]1O2. The zero-order valence-corrected chi connectivity index (χ0v) is 10.6. The van der Waals surface area contributed by atoms with Gasteiger partial charge in [0.25, 0.3) is 0 Å². The maximum Gasteiger partial charge on any atom is 0.169 e. The molecule has 6 nitrogen and oxygen atoms in total. The molecule has 2 heterocycles. The molecule has 1 aromatic carbocycles. The molecular formula is C13H14FN3O3. The lowest BCUT2D eigenvalue weighted by molar-refractivity contribution is -0.178. The minimum atomic E-state index is -1.43. The summed E-state index contributed by atoms with van der Waals surface area (Å²) < 4.78 is 30.8. The van der Waals surface area contributed by atoms with Crippen LogP contribution in [0.25, 0.3) is 10.4 Å². The van der Waals surface area contributed by atoms with Crippen LogP contribution < -0.4 is 0 Å². The highest BCUT2D eigenvalue weighted by molar-refractivity contribution is 5.13. The average molecular weight is 279 g/mol. The minimum Gasteiger partial charge on any atom is -0.368 e. The Morgan fingerprint density at radius 1 is 1.40 bits per heavy atom. The number of hydrogen-bond acceptors (Lipinski definition) is 4. The Hall–Kier alpha value is -1.66. The lowest BCUT2D eigenvalue weighted by Gasteiger charge is -2.34. The van der Waals surface area contributed by atoms with Gasteiger partial charge in [0.1, 0.15) is 24.4 Å². The van der Waals surface area contributed by atoms with Crippen molar-refractivity contribution in [3.63, 3.8) is 0 Å². The van der Waals surface area contributed by atoms with E-state index < -0.39 is 30.7 Å². The van der Waals surface area contributed by atoms with Crippen LogP contribution in [-0.4, -0.2) is 37.3 Å². The number of halogens is 1. The van der Waals surface area contributed by atoms with Crippen molar-refractivity contribution in [2.45, 2.75) is 37.3 Å². The second-order valence-corrected chi connectivity index (χ2v) is 4.78. The van der Waals surface area contributed by atoms with Crippen molar-refractivity contribution in [1.82, 2.24) is 0 Å². The smallest absolute Gasteiger partial charge is 0.169 e. The number of alkyl halides is 1. The summed E-state index contributed by atoms with van der Waals surface area (Å²) in [4.78, 5) is 2.65. The van der Waals surface area contributed by atoms with Gasteiger partial charge in [-0.05, 0) is 11.1 Å². The highest BCUT2D eigenvalue weighted by Crippen LogP contribution is 2.34. The minimum absolute atomic E-state index is 0.252. The summed E-state index contributed by atoms with van der Waals surface area (Å²) >= 11 is 0. The molecule has 2 saturated heterocycles. The van der Waals surface area contributed by atoms with Crippen LogP contribution in [0.3, 0.4) is 0 Å². The van der Waals surface area contributed by atoms with Gasteiger partial charge < -0.3 is 14.2 Å². The first-order valence-corrected chi connectivity index (χ1v) is 6.40. The number of ether oxygens (including phenoxy) is 3. The van der Waals surface area contributed by atoms with Crippen molar-refractivity contribution in [2.75, 3.05) is 6.61 Å². The van der Waals surface area contributed by atoms with E-state index in [0.29, 0.717) is 0 Å². The van der Waals surface area contributed by atoms with E-state index in [1.165, 1.54) is 0 Å². The molecule has 0 amide bonds. The molecule has 0 aromatic heterocycles. The van der Waals surface area contributed by atoms with Gasteiger partial charge >= 0.3 is 0 Å². The fourth-order valence-electron chi connectivity index (χ4n) is 2.49. The summed E-state index contributed by atoms with van der Waals surface area (Å²) in [7, 11) is 0. The third-order valence-electron chi connectivity index (χ3n) is 3.49.